The van der Waals surface area contributed by atoms with E-state index in [1.165, 1.54) is 6.07 Å². The largest absolute Gasteiger partial charge is 0.506 e. The van der Waals surface area contributed by atoms with E-state index in [4.69, 9.17) is 5.73 Å². The number of anilines is 5. The number of phenols is 1. The predicted molar refractivity (Wildman–Crippen MR) is 150 cm³/mol. The number of nitrogens with one attached hydrogen (secondary N) is 3. The summed E-state index contributed by atoms with van der Waals surface area (Å²) in [5.74, 6) is 0.0674. The Morgan fingerprint density at radius 3 is 2.53 bits per heavy atom. The van der Waals surface area contributed by atoms with E-state index < -0.39 is 0 Å². The Bertz CT molecular complexity index is 1210. The lowest BCUT2D eigenvalue weighted by atomic mass is 10.2. The van der Waals surface area contributed by atoms with Crippen LogP contribution in [0.4, 0.5) is 28.4 Å². The monoisotopic (exact) mass is 488 g/mol. The van der Waals surface area contributed by atoms with Crippen LogP contribution < -0.4 is 26.3 Å². The average molecular weight is 489 g/mol. The van der Waals surface area contributed by atoms with Crippen LogP contribution in [0.3, 0.4) is 0 Å². The number of rotatable bonds is 13. The van der Waals surface area contributed by atoms with E-state index in [2.05, 4.69) is 53.1 Å². The maximum absolute atomic E-state index is 10.4. The second-order valence-electron chi connectivity index (χ2n) is 8.75. The Morgan fingerprint density at radius 1 is 1.14 bits per heavy atom. The van der Waals surface area contributed by atoms with Crippen LogP contribution in [-0.2, 0) is 13.6 Å². The van der Waals surface area contributed by atoms with Gasteiger partial charge in [-0.05, 0) is 49.4 Å². The van der Waals surface area contributed by atoms with Gasteiger partial charge in [-0.1, -0.05) is 13.2 Å². The van der Waals surface area contributed by atoms with Gasteiger partial charge < -0.3 is 31.7 Å². The van der Waals surface area contributed by atoms with Crippen molar-refractivity contribution in [2.24, 2.45) is 7.05 Å². The van der Waals surface area contributed by atoms with Gasteiger partial charge in [0, 0.05) is 55.4 Å². The van der Waals surface area contributed by atoms with Gasteiger partial charge in [0.25, 0.3) is 0 Å². The van der Waals surface area contributed by atoms with Crippen molar-refractivity contribution in [3.05, 3.63) is 91.8 Å². The summed E-state index contributed by atoms with van der Waals surface area (Å²) in [7, 11) is 4.00. The van der Waals surface area contributed by atoms with Gasteiger partial charge in [-0.3, -0.25) is 0 Å². The van der Waals surface area contributed by atoms with Crippen molar-refractivity contribution in [2.45, 2.75) is 19.9 Å². The first-order valence-electron chi connectivity index (χ1n) is 12.0. The first kappa shape index (κ1) is 26.3. The van der Waals surface area contributed by atoms with E-state index in [-0.39, 0.29) is 5.75 Å². The van der Waals surface area contributed by atoms with E-state index in [0.29, 0.717) is 22.8 Å². The number of aromatic nitrogens is 2. The molecule has 190 valence electrons. The zero-order valence-corrected chi connectivity index (χ0v) is 21.5. The summed E-state index contributed by atoms with van der Waals surface area (Å²) >= 11 is 0. The normalized spacial score (nSPS) is 10.9. The molecule has 0 spiro atoms. The standard InChI is InChI=1S/C28H37N7O/c1-6-34(5)22(3)9-8-21(2)31-26-19-27(28(36)18-25(26)29)32-24-12-10-23(11-13-24)30-14-7-15-35-17-16-33(4)20-35/h8-13,16-20,30-32H,2-3,6-7,14-15,29H2,1,4-5H3/p+1/b9-8-. The van der Waals surface area contributed by atoms with E-state index in [0.717, 1.165) is 43.1 Å². The highest BCUT2D eigenvalue weighted by Crippen LogP contribution is 2.35. The molecule has 0 aliphatic carbocycles. The van der Waals surface area contributed by atoms with Crippen LogP contribution in [0.1, 0.15) is 13.3 Å². The van der Waals surface area contributed by atoms with Gasteiger partial charge >= 0.3 is 0 Å². The van der Waals surface area contributed by atoms with Crippen LogP contribution in [0, 0.1) is 0 Å². The number of nitrogens with two attached hydrogens (primary N) is 1. The molecule has 0 fully saturated rings. The summed E-state index contributed by atoms with van der Waals surface area (Å²) in [6.07, 6.45) is 10.9. The molecule has 0 aliphatic heterocycles. The molecule has 6 N–H and O–H groups in total. The van der Waals surface area contributed by atoms with E-state index in [9.17, 15) is 5.11 Å². The fourth-order valence-electron chi connectivity index (χ4n) is 3.51. The van der Waals surface area contributed by atoms with E-state index in [1.807, 2.05) is 66.2 Å². The number of aryl methyl sites for hydroxylation is 2. The molecule has 0 radical (unpaired) electrons. The smallest absolute Gasteiger partial charge is 0.243 e. The SMILES string of the molecule is C=C(/C=C\C(=C)N(C)CC)Nc1cc(Nc2ccc(NCCCn3cc[n+](C)c3)cc2)c(O)cc1N. The van der Waals surface area contributed by atoms with Gasteiger partial charge in [0.15, 0.2) is 0 Å². The minimum Gasteiger partial charge on any atom is -0.506 e. The van der Waals surface area contributed by atoms with E-state index in [1.54, 1.807) is 6.07 Å². The molecular weight excluding hydrogens is 450 g/mol. The molecule has 2 aromatic carbocycles. The molecule has 1 aromatic heterocycles. The van der Waals surface area contributed by atoms with Crippen molar-refractivity contribution in [2.75, 3.05) is 41.8 Å². The predicted octanol–water partition coefficient (Wildman–Crippen LogP) is 4.79. The van der Waals surface area contributed by atoms with Crippen molar-refractivity contribution in [3.63, 3.8) is 0 Å². The second-order valence-corrected chi connectivity index (χ2v) is 8.75. The lowest BCUT2D eigenvalue weighted by Crippen LogP contribution is -2.23. The third kappa shape index (κ3) is 7.59. The highest BCUT2D eigenvalue weighted by molar-refractivity contribution is 5.80. The molecular formula is C28H38N7O+. The zero-order valence-electron chi connectivity index (χ0n) is 21.5. The van der Waals surface area contributed by atoms with Crippen LogP contribution in [0.15, 0.2) is 91.8 Å². The highest BCUT2D eigenvalue weighted by Gasteiger charge is 2.09. The molecule has 0 atom stereocenters. The third-order valence-electron chi connectivity index (χ3n) is 5.81. The molecule has 0 saturated carbocycles. The number of phenolic OH excluding ortho intramolecular Hbond substituents is 1. The number of allylic oxidation sites excluding steroid dienone is 2. The minimum absolute atomic E-state index is 0.0674. The van der Waals surface area contributed by atoms with E-state index >= 15 is 0 Å². The summed E-state index contributed by atoms with van der Waals surface area (Å²) in [6.45, 7) is 12.8. The minimum atomic E-state index is 0.0674. The third-order valence-corrected chi connectivity index (χ3v) is 5.81. The molecule has 0 unspecified atom stereocenters. The Labute approximate surface area is 214 Å². The maximum Gasteiger partial charge on any atom is 0.243 e. The first-order chi connectivity index (χ1) is 17.2. The van der Waals surface area contributed by atoms with Crippen molar-refractivity contribution < 1.29 is 9.67 Å². The van der Waals surface area contributed by atoms with Crippen molar-refractivity contribution >= 4 is 28.4 Å². The summed E-state index contributed by atoms with van der Waals surface area (Å²) in [4.78, 5) is 2.03. The molecule has 0 bridgehead atoms. The van der Waals surface area contributed by atoms with Gasteiger partial charge in [0.2, 0.25) is 6.33 Å². The average Bonchev–Trinajstić information content (AvgIpc) is 3.28. The van der Waals surface area contributed by atoms with Gasteiger partial charge in [0.05, 0.1) is 30.7 Å². The molecule has 0 aliphatic rings. The molecule has 8 nitrogen and oxygen atoms in total. The molecule has 3 aromatic rings. The molecule has 0 amide bonds. The Morgan fingerprint density at radius 2 is 1.86 bits per heavy atom. The molecule has 36 heavy (non-hydrogen) atoms. The van der Waals surface area contributed by atoms with Crippen LogP contribution in [0.5, 0.6) is 5.75 Å². The number of imidazole rings is 1. The Kier molecular flexibility index (Phi) is 9.05. The van der Waals surface area contributed by atoms with Crippen LogP contribution in [0.25, 0.3) is 0 Å². The summed E-state index contributed by atoms with van der Waals surface area (Å²) in [5, 5.41) is 20.3. The molecule has 0 saturated heterocycles. The second kappa shape index (κ2) is 12.4. The number of hydrogen-bond acceptors (Lipinski definition) is 6. The molecule has 1 heterocycles. The quantitative estimate of drug-likeness (QED) is 0.0593. The van der Waals surface area contributed by atoms with Crippen LogP contribution in [0.2, 0.25) is 0 Å². The number of benzene rings is 2. The number of nitrogen functional groups attached to an aromatic ring is 1. The molecule has 8 heteroatoms. The topological polar surface area (TPSA) is 94.4 Å². The fraction of sp³-hybridized carbons (Fsp3) is 0.250. The number of likely N-dealkylation sites (N-methyl/N-ethyl adjacent to an activating group) is 1. The van der Waals surface area contributed by atoms with Gasteiger partial charge in [-0.15, -0.1) is 0 Å². The van der Waals surface area contributed by atoms with Gasteiger partial charge in [-0.2, -0.15) is 0 Å². The highest BCUT2D eigenvalue weighted by atomic mass is 16.3. The summed E-state index contributed by atoms with van der Waals surface area (Å²) in [5.41, 5.74) is 11.2. The van der Waals surface area contributed by atoms with Crippen molar-refractivity contribution in [3.8, 4) is 5.75 Å². The number of hydrogen-bond donors (Lipinski definition) is 5. The zero-order chi connectivity index (χ0) is 26.1. The van der Waals surface area contributed by atoms with Gasteiger partial charge in [0.1, 0.15) is 18.1 Å². The Balaban J connectivity index is 1.56. The van der Waals surface area contributed by atoms with Crippen molar-refractivity contribution in [1.82, 2.24) is 9.47 Å². The number of aromatic hydroxyl groups is 1. The van der Waals surface area contributed by atoms with Gasteiger partial charge in [-0.25, -0.2) is 9.13 Å². The molecule has 3 rings (SSSR count). The maximum atomic E-state index is 10.4. The van der Waals surface area contributed by atoms with Crippen LogP contribution in [-0.4, -0.2) is 34.7 Å². The van der Waals surface area contributed by atoms with Crippen molar-refractivity contribution in [1.29, 1.82) is 0 Å². The fourth-order valence-corrected chi connectivity index (χ4v) is 3.51. The number of nitrogens with zero attached hydrogens (tertiary/aromatic N) is 3. The summed E-state index contributed by atoms with van der Waals surface area (Å²) < 4.78 is 4.21. The summed E-state index contributed by atoms with van der Waals surface area (Å²) in [6, 6.07) is 11.2. The van der Waals surface area contributed by atoms with Crippen LogP contribution >= 0.6 is 0 Å². The Hall–Kier alpha value is -4.33. The lowest BCUT2D eigenvalue weighted by molar-refractivity contribution is -0.671. The first-order valence-corrected chi connectivity index (χ1v) is 12.0. The lowest BCUT2D eigenvalue weighted by Gasteiger charge is -2.17.